The predicted molar refractivity (Wildman–Crippen MR) is 68.2 cm³/mol. The lowest BCUT2D eigenvalue weighted by Crippen LogP contribution is -2.37. The van der Waals surface area contributed by atoms with Gasteiger partial charge in [-0.2, -0.15) is 5.26 Å². The first-order valence-corrected chi connectivity index (χ1v) is 7.60. The molecule has 1 saturated carbocycles. The second kappa shape index (κ2) is 5.27. The normalized spacial score (nSPS) is 23.2. The lowest BCUT2D eigenvalue weighted by atomic mass is 10.1. The van der Waals surface area contributed by atoms with Crippen LogP contribution in [-0.4, -0.2) is 14.5 Å². The number of rotatable bonds is 3. The highest BCUT2D eigenvalue weighted by atomic mass is 32.2. The van der Waals surface area contributed by atoms with Gasteiger partial charge in [0, 0.05) is 6.04 Å². The topological polar surface area (TPSA) is 70.0 Å². The molecule has 1 N–H and O–H groups in total. The summed E-state index contributed by atoms with van der Waals surface area (Å²) in [4.78, 5) is 0.0671. The minimum atomic E-state index is -3.70. The molecular weight excluding hydrogens is 267 g/mol. The number of sulfonamides is 1. The Morgan fingerprint density at radius 3 is 2.79 bits per heavy atom. The van der Waals surface area contributed by atoms with Crippen LogP contribution in [0.25, 0.3) is 0 Å². The summed E-state index contributed by atoms with van der Waals surface area (Å²) in [5, 5.41) is 8.96. The standard InChI is InChI=1S/C13H15FN2O2S/c1-9-7-11(14)5-6-13(9)19(17,18)16-12-4-2-3-10(12)8-15/h5-7,10,12,16H,2-4H2,1H3. The van der Waals surface area contributed by atoms with Crippen LogP contribution in [0.4, 0.5) is 4.39 Å². The highest BCUT2D eigenvalue weighted by molar-refractivity contribution is 7.89. The van der Waals surface area contributed by atoms with Crippen molar-refractivity contribution >= 4 is 10.0 Å². The molecule has 0 heterocycles. The zero-order valence-corrected chi connectivity index (χ0v) is 11.4. The SMILES string of the molecule is Cc1cc(F)ccc1S(=O)(=O)NC1CCCC1C#N. The maximum atomic E-state index is 13.0. The van der Waals surface area contributed by atoms with Crippen LogP contribution in [0.5, 0.6) is 0 Å². The summed E-state index contributed by atoms with van der Waals surface area (Å²) in [6, 6.07) is 5.34. The van der Waals surface area contributed by atoms with E-state index in [1.54, 1.807) is 6.92 Å². The Hall–Kier alpha value is -1.45. The molecule has 2 atom stereocenters. The van der Waals surface area contributed by atoms with Crippen molar-refractivity contribution < 1.29 is 12.8 Å². The van der Waals surface area contributed by atoms with E-state index in [2.05, 4.69) is 10.8 Å². The van der Waals surface area contributed by atoms with Gasteiger partial charge in [0.2, 0.25) is 10.0 Å². The van der Waals surface area contributed by atoms with Crippen molar-refractivity contribution in [1.82, 2.24) is 4.72 Å². The Bertz CT molecular complexity index is 622. The maximum absolute atomic E-state index is 13.0. The van der Waals surface area contributed by atoms with Gasteiger partial charge in [0.15, 0.2) is 0 Å². The molecule has 102 valence electrons. The molecule has 1 aromatic carbocycles. The summed E-state index contributed by atoms with van der Waals surface area (Å²) in [5.41, 5.74) is 0.360. The van der Waals surface area contributed by atoms with E-state index in [1.807, 2.05) is 0 Å². The Labute approximate surface area is 112 Å². The van der Waals surface area contributed by atoms with Gasteiger partial charge in [-0.15, -0.1) is 0 Å². The van der Waals surface area contributed by atoms with Gasteiger partial charge in [0.1, 0.15) is 5.82 Å². The monoisotopic (exact) mass is 282 g/mol. The lowest BCUT2D eigenvalue weighted by Gasteiger charge is -2.16. The average molecular weight is 282 g/mol. The van der Waals surface area contributed by atoms with Crippen LogP contribution >= 0.6 is 0 Å². The molecular formula is C13H15FN2O2S. The summed E-state index contributed by atoms with van der Waals surface area (Å²) in [7, 11) is -3.70. The number of aryl methyl sites for hydroxylation is 1. The number of halogens is 1. The molecule has 2 unspecified atom stereocenters. The zero-order valence-electron chi connectivity index (χ0n) is 10.6. The Balaban J connectivity index is 2.26. The van der Waals surface area contributed by atoms with E-state index in [0.717, 1.165) is 12.5 Å². The van der Waals surface area contributed by atoms with Gasteiger partial charge in [-0.3, -0.25) is 0 Å². The van der Waals surface area contributed by atoms with Gasteiger partial charge in [-0.05, 0) is 43.5 Å². The van der Waals surface area contributed by atoms with Crippen molar-refractivity contribution in [2.45, 2.75) is 37.1 Å². The number of nitrogens with one attached hydrogen (secondary N) is 1. The first-order valence-electron chi connectivity index (χ1n) is 6.12. The van der Waals surface area contributed by atoms with Gasteiger partial charge in [0.25, 0.3) is 0 Å². The molecule has 0 aliphatic heterocycles. The van der Waals surface area contributed by atoms with Crippen molar-refractivity contribution in [1.29, 1.82) is 5.26 Å². The van der Waals surface area contributed by atoms with Crippen molar-refractivity contribution in [2.75, 3.05) is 0 Å². The molecule has 0 spiro atoms. The molecule has 0 radical (unpaired) electrons. The van der Waals surface area contributed by atoms with Gasteiger partial charge in [0.05, 0.1) is 16.9 Å². The van der Waals surface area contributed by atoms with E-state index < -0.39 is 15.8 Å². The molecule has 0 amide bonds. The Morgan fingerprint density at radius 2 is 2.16 bits per heavy atom. The van der Waals surface area contributed by atoms with Crippen molar-refractivity contribution in [3.05, 3.63) is 29.6 Å². The zero-order chi connectivity index (χ0) is 14.0. The van der Waals surface area contributed by atoms with Crippen molar-refractivity contribution in [3.8, 4) is 6.07 Å². The minimum absolute atomic E-state index is 0.0671. The average Bonchev–Trinajstić information content (AvgIpc) is 2.74. The summed E-state index contributed by atoms with van der Waals surface area (Å²) in [6.45, 7) is 1.55. The summed E-state index contributed by atoms with van der Waals surface area (Å²) in [5.74, 6) is -0.747. The molecule has 6 heteroatoms. The highest BCUT2D eigenvalue weighted by Crippen LogP contribution is 2.27. The van der Waals surface area contributed by atoms with Crippen molar-refractivity contribution in [3.63, 3.8) is 0 Å². The third kappa shape index (κ3) is 2.94. The lowest BCUT2D eigenvalue weighted by molar-refractivity contribution is 0.514. The Kier molecular flexibility index (Phi) is 3.88. The van der Waals surface area contributed by atoms with Crippen LogP contribution in [0.1, 0.15) is 24.8 Å². The van der Waals surface area contributed by atoms with Gasteiger partial charge < -0.3 is 0 Å². The molecule has 2 rings (SSSR count). The van der Waals surface area contributed by atoms with Gasteiger partial charge in [-0.25, -0.2) is 17.5 Å². The number of hydrogen-bond donors (Lipinski definition) is 1. The predicted octanol–water partition coefficient (Wildman–Crippen LogP) is 2.10. The Morgan fingerprint density at radius 1 is 1.42 bits per heavy atom. The first kappa shape index (κ1) is 14.0. The summed E-state index contributed by atoms with van der Waals surface area (Å²) in [6.07, 6.45) is 2.22. The number of hydrogen-bond acceptors (Lipinski definition) is 3. The van der Waals surface area contributed by atoms with Crippen LogP contribution in [0.2, 0.25) is 0 Å². The van der Waals surface area contributed by atoms with Crippen LogP contribution in [0.15, 0.2) is 23.1 Å². The van der Waals surface area contributed by atoms with E-state index in [4.69, 9.17) is 5.26 Å². The fourth-order valence-corrected chi connectivity index (χ4v) is 3.97. The largest absolute Gasteiger partial charge is 0.241 e. The van der Waals surface area contributed by atoms with E-state index in [9.17, 15) is 12.8 Å². The highest BCUT2D eigenvalue weighted by Gasteiger charge is 2.31. The summed E-state index contributed by atoms with van der Waals surface area (Å²) < 4.78 is 40.0. The van der Waals surface area contributed by atoms with Gasteiger partial charge >= 0.3 is 0 Å². The third-order valence-corrected chi connectivity index (χ3v) is 5.06. The number of nitrogens with zero attached hydrogens (tertiary/aromatic N) is 1. The molecule has 1 aliphatic carbocycles. The van der Waals surface area contributed by atoms with E-state index in [1.165, 1.54) is 12.1 Å². The van der Waals surface area contributed by atoms with Crippen LogP contribution in [0.3, 0.4) is 0 Å². The molecule has 4 nitrogen and oxygen atoms in total. The molecule has 1 aromatic rings. The van der Waals surface area contributed by atoms with Crippen LogP contribution < -0.4 is 4.72 Å². The fourth-order valence-electron chi connectivity index (χ4n) is 2.43. The maximum Gasteiger partial charge on any atom is 0.241 e. The second-order valence-corrected chi connectivity index (χ2v) is 6.49. The third-order valence-electron chi connectivity index (χ3n) is 3.41. The molecule has 0 aromatic heterocycles. The molecule has 0 saturated heterocycles. The molecule has 0 bridgehead atoms. The number of nitriles is 1. The molecule has 1 aliphatic rings. The van der Waals surface area contributed by atoms with Crippen LogP contribution in [-0.2, 0) is 10.0 Å². The molecule has 1 fully saturated rings. The summed E-state index contributed by atoms with van der Waals surface area (Å²) >= 11 is 0. The smallest absolute Gasteiger partial charge is 0.207 e. The minimum Gasteiger partial charge on any atom is -0.207 e. The second-order valence-electron chi connectivity index (χ2n) is 4.80. The van der Waals surface area contributed by atoms with Crippen molar-refractivity contribution in [2.24, 2.45) is 5.92 Å². The van der Waals surface area contributed by atoms with E-state index in [-0.39, 0.29) is 16.9 Å². The van der Waals surface area contributed by atoms with Crippen LogP contribution in [0, 0.1) is 30.0 Å². The van der Waals surface area contributed by atoms with E-state index >= 15 is 0 Å². The van der Waals surface area contributed by atoms with Gasteiger partial charge in [-0.1, -0.05) is 6.42 Å². The number of benzene rings is 1. The quantitative estimate of drug-likeness (QED) is 0.923. The fraction of sp³-hybridized carbons (Fsp3) is 0.462. The molecule has 19 heavy (non-hydrogen) atoms. The first-order chi connectivity index (χ1) is 8.94. The van der Waals surface area contributed by atoms with E-state index in [0.29, 0.717) is 18.4 Å².